The number of sulfonamides is 1. The Morgan fingerprint density at radius 1 is 0.980 bits per heavy atom. The number of nitrogens with zero attached hydrogens (tertiary/aromatic N) is 8. The highest BCUT2D eigenvalue weighted by atomic mass is 35.5. The number of rotatable bonds is 10. The standard InChI is InChI=1S/C35H45ClN10O3S/c1-6-22-17-29(31(49-4)18-30(22)45-15-11-23(12-16-45)46-21-24-7-8-25(46)20-43(24)2)41-35-39-19-26(36)34(42-35)40-28-10-9-27-32(38-14-13-37-27)33(28)44(3)50(5,47)48/h9-10,13-14,17-19,23-25H,6-8,11-12,15-16,20-21H2,1-5H3,(H2,39,40,41,42)/t24-,25?/m1/s1. The summed E-state index contributed by atoms with van der Waals surface area (Å²) in [6.45, 7) is 6.61. The van der Waals surface area contributed by atoms with Gasteiger partial charge < -0.3 is 25.2 Å². The molecule has 1 unspecified atom stereocenters. The van der Waals surface area contributed by atoms with Crippen molar-refractivity contribution in [2.75, 3.05) is 73.5 Å². The second-order valence-electron chi connectivity index (χ2n) is 13.5. The van der Waals surface area contributed by atoms with E-state index in [2.05, 4.69) is 71.4 Å². The number of likely N-dealkylation sites (N-methyl/N-ethyl adjacent to an activating group) is 1. The molecular weight excluding hydrogens is 676 g/mol. The first kappa shape index (κ1) is 34.5. The van der Waals surface area contributed by atoms with E-state index in [9.17, 15) is 8.42 Å². The number of hydrogen-bond donors (Lipinski definition) is 2. The van der Waals surface area contributed by atoms with Crippen molar-refractivity contribution in [2.45, 2.75) is 57.2 Å². The predicted octanol–water partition coefficient (Wildman–Crippen LogP) is 5.27. The molecule has 2 atom stereocenters. The maximum atomic E-state index is 12.6. The zero-order valence-electron chi connectivity index (χ0n) is 29.2. The number of fused-ring (bicyclic) bond motifs is 4. The molecule has 15 heteroatoms. The monoisotopic (exact) mass is 720 g/mol. The number of nitrogens with one attached hydrogen (secondary N) is 2. The molecule has 4 aliphatic heterocycles. The van der Waals surface area contributed by atoms with E-state index in [0.717, 1.165) is 48.6 Å². The molecule has 2 bridgehead atoms. The lowest BCUT2D eigenvalue weighted by atomic mass is 9.88. The highest BCUT2D eigenvalue weighted by Crippen LogP contribution is 2.40. The zero-order chi connectivity index (χ0) is 35.2. The Balaban J connectivity index is 1.11. The first-order valence-corrected chi connectivity index (χ1v) is 19.4. The van der Waals surface area contributed by atoms with Gasteiger partial charge >= 0.3 is 0 Å². The topological polar surface area (TPSA) is 132 Å². The van der Waals surface area contributed by atoms with Crippen LogP contribution in [0.15, 0.2) is 42.9 Å². The average molecular weight is 721 g/mol. The summed E-state index contributed by atoms with van der Waals surface area (Å²) >= 11 is 6.58. The van der Waals surface area contributed by atoms with Gasteiger partial charge in [-0.25, -0.2) is 13.4 Å². The molecule has 0 amide bonds. The molecule has 50 heavy (non-hydrogen) atoms. The van der Waals surface area contributed by atoms with Crippen LogP contribution >= 0.6 is 11.6 Å². The summed E-state index contributed by atoms with van der Waals surface area (Å²) in [6, 6.07) is 9.78. The van der Waals surface area contributed by atoms with Crippen molar-refractivity contribution in [2.24, 2.45) is 0 Å². The number of halogens is 1. The van der Waals surface area contributed by atoms with Crippen LogP contribution in [0.25, 0.3) is 11.0 Å². The second-order valence-corrected chi connectivity index (χ2v) is 16.0. The fraction of sp³-hybridized carbons (Fsp3) is 0.486. The van der Waals surface area contributed by atoms with Gasteiger partial charge in [0, 0.05) is 75.5 Å². The molecule has 6 heterocycles. The fourth-order valence-electron chi connectivity index (χ4n) is 7.79. The van der Waals surface area contributed by atoms with Gasteiger partial charge in [-0.15, -0.1) is 0 Å². The molecule has 0 spiro atoms. The molecule has 13 nitrogen and oxygen atoms in total. The summed E-state index contributed by atoms with van der Waals surface area (Å²) in [4.78, 5) is 25.8. The molecule has 4 aromatic rings. The minimum atomic E-state index is -3.63. The minimum absolute atomic E-state index is 0.257. The Kier molecular flexibility index (Phi) is 9.63. The summed E-state index contributed by atoms with van der Waals surface area (Å²) in [6.07, 6.45) is 11.6. The molecule has 4 saturated heterocycles. The molecule has 4 aliphatic rings. The van der Waals surface area contributed by atoms with E-state index >= 15 is 0 Å². The maximum Gasteiger partial charge on any atom is 0.232 e. The third kappa shape index (κ3) is 6.73. The molecule has 8 rings (SSSR count). The Labute approximate surface area is 299 Å². The van der Waals surface area contributed by atoms with Crippen molar-refractivity contribution in [1.29, 1.82) is 0 Å². The Morgan fingerprint density at radius 3 is 2.42 bits per heavy atom. The summed E-state index contributed by atoms with van der Waals surface area (Å²) in [7, 11) is 1.79. The fourth-order valence-corrected chi connectivity index (χ4v) is 8.44. The summed E-state index contributed by atoms with van der Waals surface area (Å²) in [5.74, 6) is 1.28. The zero-order valence-corrected chi connectivity index (χ0v) is 30.8. The lowest BCUT2D eigenvalue weighted by Gasteiger charge is -2.54. The van der Waals surface area contributed by atoms with Crippen molar-refractivity contribution >= 4 is 67.2 Å². The number of aryl methyl sites for hydroxylation is 1. The molecule has 0 radical (unpaired) electrons. The molecule has 2 aromatic heterocycles. The van der Waals surface area contributed by atoms with Crippen LogP contribution in [0, 0.1) is 0 Å². The van der Waals surface area contributed by atoms with E-state index in [0.29, 0.717) is 58.0 Å². The smallest absolute Gasteiger partial charge is 0.232 e. The quantitative estimate of drug-likeness (QED) is 0.221. The van der Waals surface area contributed by atoms with Gasteiger partial charge in [-0.3, -0.25) is 19.2 Å². The highest BCUT2D eigenvalue weighted by molar-refractivity contribution is 7.92. The van der Waals surface area contributed by atoms with Gasteiger partial charge in [-0.05, 0) is 62.9 Å². The number of benzene rings is 2. The Hall–Kier alpha value is -3.98. The number of piperidine rings is 3. The van der Waals surface area contributed by atoms with Crippen LogP contribution in [0.3, 0.4) is 0 Å². The second kappa shape index (κ2) is 14.0. The van der Waals surface area contributed by atoms with Gasteiger partial charge in [0.25, 0.3) is 0 Å². The van der Waals surface area contributed by atoms with Crippen LogP contribution in [-0.4, -0.2) is 110 Å². The molecule has 2 aromatic carbocycles. The van der Waals surface area contributed by atoms with Crippen LogP contribution in [0.5, 0.6) is 5.75 Å². The lowest BCUT2D eigenvalue weighted by molar-refractivity contribution is -0.0360. The first-order chi connectivity index (χ1) is 24.0. The van der Waals surface area contributed by atoms with Crippen molar-refractivity contribution in [1.82, 2.24) is 29.7 Å². The Bertz CT molecular complexity index is 1990. The van der Waals surface area contributed by atoms with Crippen LogP contribution < -0.4 is 24.6 Å². The SMILES string of the molecule is CCc1cc(Nc2ncc(Cl)c(Nc3ccc4nccnc4c3N(C)S(C)(=O)=O)n2)c(OC)cc1N1CCC(N2C[C@H]3CCC2CN3C)CC1. The van der Waals surface area contributed by atoms with Crippen molar-refractivity contribution < 1.29 is 13.2 Å². The van der Waals surface area contributed by atoms with Crippen LogP contribution in [-0.2, 0) is 16.4 Å². The average Bonchev–Trinajstić information content (AvgIpc) is 3.12. The molecule has 0 aliphatic carbocycles. The van der Waals surface area contributed by atoms with E-state index in [1.165, 1.54) is 56.6 Å². The first-order valence-electron chi connectivity index (χ1n) is 17.2. The van der Waals surface area contributed by atoms with Crippen LogP contribution in [0.4, 0.5) is 34.5 Å². The van der Waals surface area contributed by atoms with Crippen molar-refractivity contribution in [3.8, 4) is 5.75 Å². The van der Waals surface area contributed by atoms with Gasteiger partial charge in [0.05, 0.1) is 36.5 Å². The largest absolute Gasteiger partial charge is 0.494 e. The van der Waals surface area contributed by atoms with Gasteiger partial charge in [0.1, 0.15) is 22.0 Å². The van der Waals surface area contributed by atoms with E-state index in [1.807, 2.05) is 0 Å². The van der Waals surface area contributed by atoms with Gasteiger partial charge in [0.15, 0.2) is 5.82 Å². The molecule has 0 saturated carbocycles. The van der Waals surface area contributed by atoms with E-state index in [1.54, 1.807) is 25.4 Å². The number of aromatic nitrogens is 4. The van der Waals surface area contributed by atoms with Crippen LogP contribution in [0.2, 0.25) is 5.02 Å². The van der Waals surface area contributed by atoms with Gasteiger partial charge in [0.2, 0.25) is 16.0 Å². The lowest BCUT2D eigenvalue weighted by Crippen LogP contribution is -2.64. The predicted molar refractivity (Wildman–Crippen MR) is 200 cm³/mol. The number of ether oxygens (including phenoxy) is 1. The Morgan fingerprint density at radius 2 is 1.74 bits per heavy atom. The van der Waals surface area contributed by atoms with Crippen molar-refractivity contribution in [3.63, 3.8) is 0 Å². The van der Waals surface area contributed by atoms with Gasteiger partial charge in [-0.2, -0.15) is 4.98 Å². The normalized spacial score (nSPS) is 20.3. The number of anilines is 6. The van der Waals surface area contributed by atoms with Crippen LogP contribution in [0.1, 0.15) is 38.2 Å². The number of hydrogen-bond acceptors (Lipinski definition) is 12. The van der Waals surface area contributed by atoms with E-state index in [-0.39, 0.29) is 5.02 Å². The maximum absolute atomic E-state index is 12.6. The summed E-state index contributed by atoms with van der Waals surface area (Å²) in [5.41, 5.74) is 4.89. The molecule has 4 fully saturated rings. The highest BCUT2D eigenvalue weighted by Gasteiger charge is 2.41. The number of piperazine rings is 1. The van der Waals surface area contributed by atoms with Gasteiger partial charge in [-0.1, -0.05) is 18.5 Å². The molecule has 266 valence electrons. The summed E-state index contributed by atoms with van der Waals surface area (Å²) in [5, 5.41) is 6.81. The third-order valence-electron chi connectivity index (χ3n) is 10.6. The van der Waals surface area contributed by atoms with Crippen molar-refractivity contribution in [3.05, 3.63) is 53.4 Å². The van der Waals surface area contributed by atoms with E-state index in [4.69, 9.17) is 16.3 Å². The molecule has 2 N–H and O–H groups in total. The minimum Gasteiger partial charge on any atom is -0.494 e. The third-order valence-corrected chi connectivity index (χ3v) is 12.0. The number of methoxy groups -OCH3 is 1. The van der Waals surface area contributed by atoms with E-state index < -0.39 is 10.0 Å². The summed E-state index contributed by atoms with van der Waals surface area (Å²) < 4.78 is 32.3. The molecular formula is C35H45ClN10O3S.